The van der Waals surface area contributed by atoms with Crippen molar-refractivity contribution in [3.63, 3.8) is 0 Å². The fraction of sp³-hybridized carbons (Fsp3) is 0.300. The largest absolute Gasteiger partial charge is 0.316 e. The van der Waals surface area contributed by atoms with E-state index >= 15 is 0 Å². The highest BCUT2D eigenvalue weighted by atomic mass is 32.1. The van der Waals surface area contributed by atoms with Gasteiger partial charge in [-0.2, -0.15) is 5.26 Å². The van der Waals surface area contributed by atoms with Crippen LogP contribution in [0, 0.1) is 11.3 Å². The van der Waals surface area contributed by atoms with Crippen LogP contribution in [0.1, 0.15) is 42.1 Å². The lowest BCUT2D eigenvalue weighted by molar-refractivity contribution is 0.138. The number of piperidine rings is 1. The first-order valence-electron chi connectivity index (χ1n) is 9.03. The molecule has 4 heterocycles. The molecule has 1 atom stereocenters. The number of hydrogen-bond donors (Lipinski definition) is 1. The zero-order valence-electron chi connectivity index (χ0n) is 14.9. The van der Waals surface area contributed by atoms with Crippen LogP contribution in [0.15, 0.2) is 48.2 Å². The first-order valence-corrected chi connectivity index (χ1v) is 9.91. The van der Waals surface area contributed by atoms with Crippen molar-refractivity contribution < 1.29 is 0 Å². The predicted molar refractivity (Wildman–Crippen MR) is 106 cm³/mol. The van der Waals surface area contributed by atoms with Gasteiger partial charge in [-0.1, -0.05) is 6.42 Å². The molecule has 0 amide bonds. The molecule has 1 N–H and O–H groups in total. The molecule has 0 aliphatic carbocycles. The minimum atomic E-state index is 0.331. The summed E-state index contributed by atoms with van der Waals surface area (Å²) in [5.74, 6) is 0.646. The second-order valence-electron chi connectivity index (χ2n) is 6.58. The number of aromatic nitrogens is 3. The molecule has 3 aromatic heterocycles. The number of likely N-dealkylation sites (tertiary alicyclic amines) is 1. The maximum Gasteiger partial charge on any atom is 0.188 e. The molecule has 1 aliphatic rings. The number of nitrogens with one attached hydrogen (secondary N) is 1. The smallest absolute Gasteiger partial charge is 0.188 e. The molecule has 1 aliphatic heterocycles. The lowest BCUT2D eigenvalue weighted by atomic mass is 9.99. The van der Waals surface area contributed by atoms with Crippen molar-refractivity contribution in [1.82, 2.24) is 19.9 Å². The number of rotatable bonds is 5. The van der Waals surface area contributed by atoms with E-state index in [1.807, 2.05) is 12.4 Å². The van der Waals surface area contributed by atoms with Crippen molar-refractivity contribution in [2.45, 2.75) is 31.8 Å². The van der Waals surface area contributed by atoms with Crippen LogP contribution in [0.3, 0.4) is 0 Å². The highest BCUT2D eigenvalue weighted by Gasteiger charge is 2.26. The number of pyridine rings is 2. The Labute approximate surface area is 162 Å². The van der Waals surface area contributed by atoms with Gasteiger partial charge in [-0.25, -0.2) is 9.97 Å². The fourth-order valence-electron chi connectivity index (χ4n) is 3.41. The van der Waals surface area contributed by atoms with E-state index in [1.165, 1.54) is 18.4 Å². The standard InChI is InChI=1S/C20H20N6S/c21-12-16-6-9-23-19(11-16)25-20-24-17(14-27-20)18-3-1-2-10-26(18)13-15-4-7-22-8-5-15/h4-9,11,14,18H,1-3,10,13H2,(H,23,24,25)/t18-/m1/s1. The Morgan fingerprint density at radius 1 is 1.22 bits per heavy atom. The number of nitrogens with zero attached hydrogens (tertiary/aromatic N) is 5. The maximum atomic E-state index is 9.02. The summed E-state index contributed by atoms with van der Waals surface area (Å²) in [6.07, 6.45) is 8.90. The van der Waals surface area contributed by atoms with Crippen molar-refractivity contribution in [3.8, 4) is 6.07 Å². The van der Waals surface area contributed by atoms with Crippen molar-refractivity contribution in [2.75, 3.05) is 11.9 Å². The van der Waals surface area contributed by atoms with Crippen LogP contribution in [-0.4, -0.2) is 26.4 Å². The van der Waals surface area contributed by atoms with Gasteiger partial charge in [0.2, 0.25) is 0 Å². The van der Waals surface area contributed by atoms with Crippen LogP contribution < -0.4 is 5.32 Å². The fourth-order valence-corrected chi connectivity index (χ4v) is 4.18. The minimum Gasteiger partial charge on any atom is -0.316 e. The van der Waals surface area contributed by atoms with Crippen molar-refractivity contribution in [2.24, 2.45) is 0 Å². The predicted octanol–water partition coefficient (Wildman–Crippen LogP) is 4.28. The van der Waals surface area contributed by atoms with Crippen molar-refractivity contribution in [3.05, 3.63) is 65.1 Å². The summed E-state index contributed by atoms with van der Waals surface area (Å²) in [7, 11) is 0. The van der Waals surface area contributed by atoms with Gasteiger partial charge in [0.15, 0.2) is 5.13 Å². The quantitative estimate of drug-likeness (QED) is 0.716. The normalized spacial score (nSPS) is 17.4. The number of nitriles is 1. The molecule has 7 heteroatoms. The summed E-state index contributed by atoms with van der Waals surface area (Å²) in [4.78, 5) is 15.7. The van der Waals surface area contributed by atoms with Gasteiger partial charge >= 0.3 is 0 Å². The summed E-state index contributed by atoms with van der Waals surface area (Å²) in [5.41, 5.74) is 2.97. The van der Waals surface area contributed by atoms with E-state index in [0.29, 0.717) is 17.4 Å². The molecule has 0 saturated carbocycles. The van der Waals surface area contributed by atoms with Gasteiger partial charge in [-0.05, 0) is 49.2 Å². The molecule has 0 radical (unpaired) electrons. The Bertz CT molecular complexity index is 933. The van der Waals surface area contributed by atoms with Crippen LogP contribution in [-0.2, 0) is 6.54 Å². The van der Waals surface area contributed by atoms with Gasteiger partial charge in [0.25, 0.3) is 0 Å². The summed E-state index contributed by atoms with van der Waals surface area (Å²) >= 11 is 1.58. The first kappa shape index (κ1) is 17.6. The van der Waals surface area contributed by atoms with Crippen LogP contribution in [0.4, 0.5) is 10.9 Å². The monoisotopic (exact) mass is 376 g/mol. The van der Waals surface area contributed by atoms with Crippen molar-refractivity contribution >= 4 is 22.3 Å². The third-order valence-corrected chi connectivity index (χ3v) is 5.51. The molecular weight excluding hydrogens is 356 g/mol. The summed E-state index contributed by atoms with van der Waals surface area (Å²) in [5, 5.41) is 15.2. The summed E-state index contributed by atoms with van der Waals surface area (Å²) in [6.45, 7) is 2.00. The summed E-state index contributed by atoms with van der Waals surface area (Å²) in [6, 6.07) is 10.0. The third kappa shape index (κ3) is 4.30. The van der Waals surface area contributed by atoms with E-state index in [9.17, 15) is 0 Å². The van der Waals surface area contributed by atoms with Gasteiger partial charge in [0.05, 0.1) is 23.4 Å². The highest BCUT2D eigenvalue weighted by molar-refractivity contribution is 7.13. The number of hydrogen-bond acceptors (Lipinski definition) is 7. The van der Waals surface area contributed by atoms with Gasteiger partial charge in [-0.15, -0.1) is 11.3 Å². The van der Waals surface area contributed by atoms with E-state index in [2.05, 4.69) is 43.8 Å². The Hall–Kier alpha value is -2.82. The van der Waals surface area contributed by atoms with Crippen LogP contribution in [0.25, 0.3) is 0 Å². The molecule has 3 aromatic rings. The highest BCUT2D eigenvalue weighted by Crippen LogP contribution is 2.34. The Morgan fingerprint density at radius 2 is 2.11 bits per heavy atom. The molecule has 136 valence electrons. The van der Waals surface area contributed by atoms with E-state index < -0.39 is 0 Å². The minimum absolute atomic E-state index is 0.331. The molecular formula is C20H20N6S. The number of thiazole rings is 1. The van der Waals surface area contributed by atoms with E-state index in [4.69, 9.17) is 10.2 Å². The zero-order chi connectivity index (χ0) is 18.5. The van der Waals surface area contributed by atoms with Gasteiger partial charge < -0.3 is 5.32 Å². The first-order chi connectivity index (χ1) is 13.3. The lowest BCUT2D eigenvalue weighted by Crippen LogP contribution is -2.33. The Balaban J connectivity index is 1.49. The second kappa shape index (κ2) is 8.25. The average molecular weight is 376 g/mol. The molecule has 0 bridgehead atoms. The van der Waals surface area contributed by atoms with Crippen LogP contribution in [0.2, 0.25) is 0 Å². The van der Waals surface area contributed by atoms with E-state index in [0.717, 1.165) is 30.3 Å². The van der Waals surface area contributed by atoms with Crippen LogP contribution in [0.5, 0.6) is 0 Å². The Kier molecular flexibility index (Phi) is 5.37. The molecule has 4 rings (SSSR count). The molecule has 6 nitrogen and oxygen atoms in total. The molecule has 0 spiro atoms. The average Bonchev–Trinajstić information content (AvgIpc) is 3.17. The van der Waals surface area contributed by atoms with E-state index in [-0.39, 0.29) is 0 Å². The van der Waals surface area contributed by atoms with E-state index in [1.54, 1.807) is 29.7 Å². The second-order valence-corrected chi connectivity index (χ2v) is 7.44. The molecule has 1 fully saturated rings. The summed E-state index contributed by atoms with van der Waals surface area (Å²) < 4.78 is 0. The lowest BCUT2D eigenvalue weighted by Gasteiger charge is -2.34. The molecule has 0 unspecified atom stereocenters. The molecule has 1 saturated heterocycles. The zero-order valence-corrected chi connectivity index (χ0v) is 15.7. The molecule has 27 heavy (non-hydrogen) atoms. The van der Waals surface area contributed by atoms with Gasteiger partial charge in [0, 0.05) is 30.5 Å². The topological polar surface area (TPSA) is 77.7 Å². The van der Waals surface area contributed by atoms with Crippen LogP contribution >= 0.6 is 11.3 Å². The van der Waals surface area contributed by atoms with Gasteiger partial charge in [-0.3, -0.25) is 9.88 Å². The van der Waals surface area contributed by atoms with Crippen molar-refractivity contribution in [1.29, 1.82) is 5.26 Å². The SMILES string of the molecule is N#Cc1ccnc(Nc2nc([C@H]3CCCCN3Cc3ccncc3)cs2)c1. The third-order valence-electron chi connectivity index (χ3n) is 4.74. The number of anilines is 2. The molecule has 0 aromatic carbocycles. The maximum absolute atomic E-state index is 9.02. The van der Waals surface area contributed by atoms with Gasteiger partial charge in [0.1, 0.15) is 5.82 Å². The Morgan fingerprint density at radius 3 is 2.96 bits per heavy atom.